The fraction of sp³-hybridized carbons (Fsp3) is 0.375. The Morgan fingerprint density at radius 2 is 2.40 bits per heavy atom. The van der Waals surface area contributed by atoms with Gasteiger partial charge in [0.15, 0.2) is 0 Å². The first kappa shape index (κ1) is 9.11. The summed E-state index contributed by atoms with van der Waals surface area (Å²) in [6, 6.07) is 0. The highest BCUT2D eigenvalue weighted by Crippen LogP contribution is 1.99. The monoisotopic (exact) mass is 138 g/mol. The molecular weight excluding hydrogens is 124 g/mol. The lowest BCUT2D eigenvalue weighted by Gasteiger charge is -1.97. The van der Waals surface area contributed by atoms with Crippen LogP contribution in [0.5, 0.6) is 0 Å². The summed E-state index contributed by atoms with van der Waals surface area (Å²) in [7, 11) is 1.91. The zero-order chi connectivity index (χ0) is 7.82. The van der Waals surface area contributed by atoms with Crippen LogP contribution in [0.4, 0.5) is 0 Å². The zero-order valence-corrected chi connectivity index (χ0v) is 6.43. The first-order valence-corrected chi connectivity index (χ1v) is 3.28. The average molecular weight is 138 g/mol. The molecule has 0 aliphatic heterocycles. The first-order valence-electron chi connectivity index (χ1n) is 3.28. The molecule has 0 bridgehead atoms. The molecule has 0 aromatic heterocycles. The van der Waals surface area contributed by atoms with Gasteiger partial charge in [0.05, 0.1) is 0 Å². The molecule has 0 atom stereocenters. The lowest BCUT2D eigenvalue weighted by atomic mass is 10.3. The molecule has 0 heterocycles. The second kappa shape index (κ2) is 6.23. The molecule has 56 valence electrons. The molecule has 0 aliphatic rings. The van der Waals surface area contributed by atoms with E-state index in [9.17, 15) is 0 Å². The van der Waals surface area contributed by atoms with Crippen molar-refractivity contribution in [3.8, 4) is 0 Å². The van der Waals surface area contributed by atoms with Crippen molar-refractivity contribution in [2.75, 3.05) is 13.6 Å². The molecule has 0 spiro atoms. The van der Waals surface area contributed by atoms with E-state index in [0.29, 0.717) is 0 Å². The van der Waals surface area contributed by atoms with Crippen molar-refractivity contribution in [1.29, 1.82) is 0 Å². The van der Waals surface area contributed by atoms with Gasteiger partial charge in [0.25, 0.3) is 0 Å². The summed E-state index contributed by atoms with van der Waals surface area (Å²) in [5.74, 6) is 0. The highest BCUT2D eigenvalue weighted by atomic mass is 14.8. The van der Waals surface area contributed by atoms with Gasteiger partial charge in [-0.2, -0.15) is 0 Å². The van der Waals surface area contributed by atoms with E-state index in [1.807, 2.05) is 13.1 Å². The third kappa shape index (κ3) is 4.04. The maximum atomic E-state index is 3.82. The lowest BCUT2D eigenvalue weighted by molar-refractivity contribution is 0.781. The number of hydrogen-bond acceptors (Lipinski definition) is 2. The van der Waals surface area contributed by atoms with Gasteiger partial charge < -0.3 is 5.32 Å². The maximum absolute atomic E-state index is 3.82. The topological polar surface area (TPSA) is 24.4 Å². The van der Waals surface area contributed by atoms with Crippen molar-refractivity contribution in [3.63, 3.8) is 0 Å². The summed E-state index contributed by atoms with van der Waals surface area (Å²) < 4.78 is 0. The van der Waals surface area contributed by atoms with Gasteiger partial charge >= 0.3 is 0 Å². The molecule has 0 aliphatic carbocycles. The molecule has 0 unspecified atom stereocenters. The highest BCUT2D eigenvalue weighted by Gasteiger charge is 1.88. The standard InChI is InChI=1S/C8H14N2/c1-4-5-8(10-3)6-7-9-2/h4-5,9H,1,3,6-7H2,2H3/b8-5-. The van der Waals surface area contributed by atoms with Crippen LogP contribution in [0, 0.1) is 0 Å². The lowest BCUT2D eigenvalue weighted by Crippen LogP contribution is -2.07. The van der Waals surface area contributed by atoms with E-state index in [1.54, 1.807) is 6.08 Å². The Bertz CT molecular complexity index is 136. The Morgan fingerprint density at radius 3 is 2.80 bits per heavy atom. The van der Waals surface area contributed by atoms with E-state index in [-0.39, 0.29) is 0 Å². The number of hydrogen-bond donors (Lipinski definition) is 1. The van der Waals surface area contributed by atoms with Crippen molar-refractivity contribution < 1.29 is 0 Å². The van der Waals surface area contributed by atoms with Gasteiger partial charge in [0.2, 0.25) is 0 Å². The van der Waals surface area contributed by atoms with Crippen LogP contribution >= 0.6 is 0 Å². The summed E-state index contributed by atoms with van der Waals surface area (Å²) in [6.07, 6.45) is 4.50. The second-order valence-corrected chi connectivity index (χ2v) is 1.91. The van der Waals surface area contributed by atoms with Crippen molar-refractivity contribution >= 4 is 6.72 Å². The summed E-state index contributed by atoms with van der Waals surface area (Å²) in [4.78, 5) is 3.82. The largest absolute Gasteiger partial charge is 0.319 e. The van der Waals surface area contributed by atoms with E-state index in [4.69, 9.17) is 0 Å². The molecule has 2 heteroatoms. The van der Waals surface area contributed by atoms with Gasteiger partial charge in [-0.1, -0.05) is 12.7 Å². The average Bonchev–Trinajstić information content (AvgIpc) is 1.98. The Morgan fingerprint density at radius 1 is 1.70 bits per heavy atom. The minimum absolute atomic E-state index is 0.909. The van der Waals surface area contributed by atoms with Gasteiger partial charge in [0, 0.05) is 18.7 Å². The van der Waals surface area contributed by atoms with E-state index in [2.05, 4.69) is 23.6 Å². The van der Waals surface area contributed by atoms with Crippen LogP contribution in [-0.4, -0.2) is 20.3 Å². The molecule has 0 fully saturated rings. The molecule has 0 aromatic carbocycles. The summed E-state index contributed by atoms with van der Waals surface area (Å²) in [5.41, 5.74) is 0.976. The minimum Gasteiger partial charge on any atom is -0.319 e. The van der Waals surface area contributed by atoms with Crippen molar-refractivity contribution in [2.24, 2.45) is 4.99 Å². The highest BCUT2D eigenvalue weighted by molar-refractivity contribution is 5.29. The number of nitrogens with one attached hydrogen (secondary N) is 1. The van der Waals surface area contributed by atoms with Gasteiger partial charge in [0.1, 0.15) is 0 Å². The molecular formula is C8H14N2. The van der Waals surface area contributed by atoms with Crippen molar-refractivity contribution in [1.82, 2.24) is 5.32 Å². The molecule has 0 aromatic rings. The number of rotatable bonds is 5. The Balaban J connectivity index is 3.70. The van der Waals surface area contributed by atoms with Gasteiger partial charge in [-0.3, -0.25) is 4.99 Å². The van der Waals surface area contributed by atoms with Crippen LogP contribution in [0.2, 0.25) is 0 Å². The van der Waals surface area contributed by atoms with Gasteiger partial charge in [-0.25, -0.2) is 0 Å². The molecule has 1 N–H and O–H groups in total. The predicted molar refractivity (Wildman–Crippen MR) is 46.4 cm³/mol. The van der Waals surface area contributed by atoms with Crippen LogP contribution in [0.3, 0.4) is 0 Å². The molecule has 10 heavy (non-hydrogen) atoms. The number of allylic oxidation sites excluding steroid dienone is 2. The van der Waals surface area contributed by atoms with Gasteiger partial charge in [-0.05, 0) is 19.8 Å². The fourth-order valence-electron chi connectivity index (χ4n) is 0.604. The molecule has 0 saturated carbocycles. The Kier molecular flexibility index (Phi) is 5.68. The second-order valence-electron chi connectivity index (χ2n) is 1.91. The Hall–Kier alpha value is -0.890. The van der Waals surface area contributed by atoms with Crippen LogP contribution < -0.4 is 5.32 Å². The molecule has 0 saturated heterocycles. The van der Waals surface area contributed by atoms with Crippen LogP contribution in [0.15, 0.2) is 29.4 Å². The SMILES string of the molecule is C=C/C=C(/CCNC)N=C. The Labute approximate surface area is 62.4 Å². The molecule has 0 amide bonds. The van der Waals surface area contributed by atoms with E-state index >= 15 is 0 Å². The molecule has 2 nitrogen and oxygen atoms in total. The fourth-order valence-corrected chi connectivity index (χ4v) is 0.604. The van der Waals surface area contributed by atoms with Crippen LogP contribution in [-0.2, 0) is 0 Å². The van der Waals surface area contributed by atoms with Gasteiger partial charge in [-0.15, -0.1) is 0 Å². The normalized spacial score (nSPS) is 11.1. The van der Waals surface area contributed by atoms with E-state index < -0.39 is 0 Å². The zero-order valence-electron chi connectivity index (χ0n) is 6.43. The van der Waals surface area contributed by atoms with Crippen LogP contribution in [0.25, 0.3) is 0 Å². The minimum atomic E-state index is 0.909. The number of nitrogens with zero attached hydrogens (tertiary/aromatic N) is 1. The quantitative estimate of drug-likeness (QED) is 0.450. The predicted octanol–water partition coefficient (Wildman–Crippen LogP) is 1.37. The van der Waals surface area contributed by atoms with E-state index in [0.717, 1.165) is 18.7 Å². The van der Waals surface area contributed by atoms with Crippen molar-refractivity contribution in [3.05, 3.63) is 24.4 Å². The summed E-state index contributed by atoms with van der Waals surface area (Å²) in [5, 5.41) is 3.03. The van der Waals surface area contributed by atoms with E-state index in [1.165, 1.54) is 0 Å². The molecule has 0 rings (SSSR count). The third-order valence-electron chi connectivity index (χ3n) is 1.14. The number of aliphatic imine (C=N–C) groups is 1. The summed E-state index contributed by atoms with van der Waals surface area (Å²) in [6.45, 7) is 7.94. The first-order chi connectivity index (χ1) is 4.85. The maximum Gasteiger partial charge on any atom is 0.0408 e. The third-order valence-corrected chi connectivity index (χ3v) is 1.14. The molecule has 0 radical (unpaired) electrons. The van der Waals surface area contributed by atoms with Crippen LogP contribution in [0.1, 0.15) is 6.42 Å². The van der Waals surface area contributed by atoms with Crippen molar-refractivity contribution in [2.45, 2.75) is 6.42 Å². The summed E-state index contributed by atoms with van der Waals surface area (Å²) >= 11 is 0. The smallest absolute Gasteiger partial charge is 0.0408 e.